The molecule has 29 heavy (non-hydrogen) atoms. The average Bonchev–Trinajstić information content (AvgIpc) is 3.18. The molecular weight excluding hydrogens is 379 g/mol. The van der Waals surface area contributed by atoms with Gasteiger partial charge in [0, 0.05) is 11.4 Å². The first-order valence-corrected chi connectivity index (χ1v) is 8.95. The second-order valence-electron chi connectivity index (χ2n) is 6.84. The van der Waals surface area contributed by atoms with E-state index in [-0.39, 0.29) is 17.5 Å². The third-order valence-electron chi connectivity index (χ3n) is 4.27. The number of ether oxygens (including phenoxy) is 1. The first-order valence-electron chi connectivity index (χ1n) is 8.95. The normalized spacial score (nSPS) is 11.0. The first kappa shape index (κ1) is 20.2. The van der Waals surface area contributed by atoms with E-state index in [1.165, 1.54) is 22.9 Å². The highest BCUT2D eigenvalue weighted by Crippen LogP contribution is 2.23. The number of amides is 1. The molecule has 2 heterocycles. The molecule has 3 rings (SSSR count). The molecule has 1 aromatic carbocycles. The lowest BCUT2D eigenvalue weighted by Crippen LogP contribution is -2.15. The molecule has 3 aromatic rings. The summed E-state index contributed by atoms with van der Waals surface area (Å²) in [5.41, 5.74) is 2.01. The van der Waals surface area contributed by atoms with E-state index < -0.39 is 17.7 Å². The number of esters is 1. The number of benzene rings is 1. The zero-order chi connectivity index (χ0) is 21.3. The molecule has 0 saturated carbocycles. The van der Waals surface area contributed by atoms with Gasteiger partial charge in [0.05, 0.1) is 11.7 Å². The molecule has 0 unspecified atom stereocenters. The maximum absolute atomic E-state index is 14.2. The second-order valence-corrected chi connectivity index (χ2v) is 6.84. The van der Waals surface area contributed by atoms with E-state index in [0.29, 0.717) is 28.3 Å². The summed E-state index contributed by atoms with van der Waals surface area (Å²) in [4.78, 5) is 28.0. The van der Waals surface area contributed by atoms with Crippen LogP contribution in [0.2, 0.25) is 0 Å². The smallest absolute Gasteiger partial charge is 0.340 e. The molecule has 0 aliphatic heterocycles. The predicted octanol–water partition coefficient (Wildman–Crippen LogP) is 2.87. The van der Waals surface area contributed by atoms with E-state index in [1.807, 2.05) is 0 Å². The van der Waals surface area contributed by atoms with Crippen molar-refractivity contribution in [2.75, 3.05) is 5.32 Å². The van der Waals surface area contributed by atoms with Crippen LogP contribution >= 0.6 is 0 Å². The molecule has 0 aliphatic carbocycles. The Morgan fingerprint density at radius 2 is 1.97 bits per heavy atom. The lowest BCUT2D eigenvalue weighted by molar-refractivity contribution is 0.0376. The number of nitrogens with one attached hydrogen (secondary N) is 2. The molecule has 9 nitrogen and oxygen atoms in total. The minimum atomic E-state index is -0.538. The fourth-order valence-electron chi connectivity index (χ4n) is 2.96. The Hall–Kier alpha value is -3.56. The highest BCUT2D eigenvalue weighted by Gasteiger charge is 2.24. The maximum Gasteiger partial charge on any atom is 0.340 e. The van der Waals surface area contributed by atoms with E-state index in [4.69, 9.17) is 4.74 Å². The van der Waals surface area contributed by atoms with Gasteiger partial charge in [0.1, 0.15) is 17.2 Å². The summed E-state index contributed by atoms with van der Waals surface area (Å²) in [6, 6.07) is 4.06. The van der Waals surface area contributed by atoms with Gasteiger partial charge in [0.15, 0.2) is 5.82 Å². The van der Waals surface area contributed by atoms with E-state index >= 15 is 0 Å². The lowest BCUT2D eigenvalue weighted by atomic mass is 10.1. The van der Waals surface area contributed by atoms with Crippen LogP contribution in [-0.2, 0) is 4.74 Å². The molecule has 0 saturated heterocycles. The Bertz CT molecular complexity index is 1090. The van der Waals surface area contributed by atoms with Crippen LogP contribution in [0.5, 0.6) is 0 Å². The lowest BCUT2D eigenvalue weighted by Gasteiger charge is -2.09. The van der Waals surface area contributed by atoms with Crippen LogP contribution < -0.4 is 5.32 Å². The van der Waals surface area contributed by atoms with Crippen molar-refractivity contribution in [2.24, 2.45) is 0 Å². The molecule has 2 aromatic heterocycles. The highest BCUT2D eigenvalue weighted by molar-refractivity contribution is 6.07. The molecule has 0 aliphatic rings. The molecule has 10 heteroatoms. The van der Waals surface area contributed by atoms with Crippen LogP contribution in [0.25, 0.3) is 5.69 Å². The Balaban J connectivity index is 1.88. The summed E-state index contributed by atoms with van der Waals surface area (Å²) in [7, 11) is 0. The van der Waals surface area contributed by atoms with Gasteiger partial charge in [-0.2, -0.15) is 4.68 Å². The molecule has 0 radical (unpaired) electrons. The fraction of sp³-hybridized carbons (Fsp3) is 0.316. The number of aromatic nitrogens is 5. The predicted molar refractivity (Wildman–Crippen MR) is 103 cm³/mol. The Morgan fingerprint density at radius 3 is 2.59 bits per heavy atom. The van der Waals surface area contributed by atoms with E-state index in [0.717, 1.165) is 0 Å². The second kappa shape index (κ2) is 7.82. The van der Waals surface area contributed by atoms with Gasteiger partial charge in [-0.15, -0.1) is 5.10 Å². The highest BCUT2D eigenvalue weighted by atomic mass is 19.1. The number of aryl methyl sites for hydroxylation is 2. The van der Waals surface area contributed by atoms with Gasteiger partial charge in [0.2, 0.25) is 0 Å². The Morgan fingerprint density at radius 1 is 1.24 bits per heavy atom. The monoisotopic (exact) mass is 400 g/mol. The molecule has 152 valence electrons. The Kier molecular flexibility index (Phi) is 5.44. The van der Waals surface area contributed by atoms with Gasteiger partial charge in [-0.1, -0.05) is 0 Å². The van der Waals surface area contributed by atoms with Crippen molar-refractivity contribution in [3.63, 3.8) is 0 Å². The number of carbonyl (C=O) groups excluding carboxylic acids is 2. The van der Waals surface area contributed by atoms with E-state index in [9.17, 15) is 14.0 Å². The number of carbonyl (C=O) groups is 2. The van der Waals surface area contributed by atoms with Crippen molar-refractivity contribution in [1.29, 1.82) is 0 Å². The molecule has 0 spiro atoms. The number of H-pyrrole nitrogens is 1. The van der Waals surface area contributed by atoms with Crippen molar-refractivity contribution in [3.05, 3.63) is 52.4 Å². The molecule has 1 amide bonds. The van der Waals surface area contributed by atoms with Gasteiger partial charge in [-0.25, -0.2) is 9.18 Å². The number of halogens is 1. The molecular formula is C19H21FN6O3. The van der Waals surface area contributed by atoms with Crippen LogP contribution in [0.3, 0.4) is 0 Å². The summed E-state index contributed by atoms with van der Waals surface area (Å²) < 4.78 is 20.7. The summed E-state index contributed by atoms with van der Waals surface area (Å²) in [6.07, 6.45) is -0.277. The van der Waals surface area contributed by atoms with Crippen molar-refractivity contribution in [2.45, 2.75) is 40.7 Å². The number of tetrazole rings is 1. The molecule has 2 N–H and O–H groups in total. The van der Waals surface area contributed by atoms with Crippen molar-refractivity contribution in [3.8, 4) is 5.69 Å². The van der Waals surface area contributed by atoms with Crippen molar-refractivity contribution >= 4 is 17.6 Å². The largest absolute Gasteiger partial charge is 0.459 e. The summed E-state index contributed by atoms with van der Waals surface area (Å²) in [5.74, 6) is -1.11. The van der Waals surface area contributed by atoms with Crippen LogP contribution in [0.1, 0.15) is 51.8 Å². The quantitative estimate of drug-likeness (QED) is 0.637. The molecule has 0 atom stereocenters. The van der Waals surface area contributed by atoms with Gasteiger partial charge >= 0.3 is 5.97 Å². The number of hydrogen-bond acceptors (Lipinski definition) is 6. The SMILES string of the molecule is Cc1[nH]c(C(=O)Nc2ccc(F)c(-n3nnnc3C)c2)c(C)c1C(=O)OC(C)C. The molecule has 0 fully saturated rings. The average molecular weight is 400 g/mol. The van der Waals surface area contributed by atoms with Gasteiger partial charge in [-0.3, -0.25) is 4.79 Å². The van der Waals surface area contributed by atoms with Crippen LogP contribution in [0, 0.1) is 26.6 Å². The summed E-state index contributed by atoms with van der Waals surface area (Å²) in [6.45, 7) is 8.49. The number of rotatable bonds is 5. The minimum absolute atomic E-state index is 0.103. The minimum Gasteiger partial charge on any atom is -0.459 e. The zero-order valence-corrected chi connectivity index (χ0v) is 16.7. The van der Waals surface area contributed by atoms with Crippen LogP contribution in [0.4, 0.5) is 10.1 Å². The number of nitrogens with zero attached hydrogens (tertiary/aromatic N) is 4. The maximum atomic E-state index is 14.2. The van der Waals surface area contributed by atoms with Crippen LogP contribution in [0.15, 0.2) is 18.2 Å². The van der Waals surface area contributed by atoms with Gasteiger partial charge in [-0.05, 0) is 68.8 Å². The molecule has 0 bridgehead atoms. The number of anilines is 1. The fourth-order valence-corrected chi connectivity index (χ4v) is 2.96. The Labute approximate surface area is 166 Å². The van der Waals surface area contributed by atoms with Gasteiger partial charge < -0.3 is 15.0 Å². The number of aromatic amines is 1. The standard InChI is InChI=1S/C19H21FN6O3/c1-9(2)29-19(28)16-10(3)17(21-11(16)4)18(27)22-13-6-7-14(20)15(8-13)26-12(5)23-24-25-26/h6-9,21H,1-5H3,(H,22,27). The third kappa shape index (κ3) is 4.00. The third-order valence-corrected chi connectivity index (χ3v) is 4.27. The van der Waals surface area contributed by atoms with Crippen LogP contribution in [-0.4, -0.2) is 43.2 Å². The topological polar surface area (TPSA) is 115 Å². The van der Waals surface area contributed by atoms with Crippen molar-refractivity contribution in [1.82, 2.24) is 25.2 Å². The zero-order valence-electron chi connectivity index (χ0n) is 16.7. The van der Waals surface area contributed by atoms with E-state index in [2.05, 4.69) is 25.8 Å². The first-order chi connectivity index (χ1) is 13.7. The van der Waals surface area contributed by atoms with Gasteiger partial charge in [0.25, 0.3) is 5.91 Å². The van der Waals surface area contributed by atoms with Crippen molar-refractivity contribution < 1.29 is 18.7 Å². The summed E-state index contributed by atoms with van der Waals surface area (Å²) >= 11 is 0. The summed E-state index contributed by atoms with van der Waals surface area (Å²) in [5, 5.41) is 13.7. The van der Waals surface area contributed by atoms with E-state index in [1.54, 1.807) is 34.6 Å². The number of hydrogen-bond donors (Lipinski definition) is 2.